The van der Waals surface area contributed by atoms with Crippen LogP contribution in [-0.4, -0.2) is 92.7 Å². The molecule has 0 spiro atoms. The van der Waals surface area contributed by atoms with Crippen LogP contribution in [0, 0.1) is 0 Å². The molecular formula is C22H36NO10+. The molecule has 1 saturated heterocycles. The number of hydrogen-bond donors (Lipinski definition) is 0. The lowest BCUT2D eigenvalue weighted by molar-refractivity contribution is -0.488. The van der Waals surface area contributed by atoms with Crippen LogP contribution in [0.3, 0.4) is 0 Å². The van der Waals surface area contributed by atoms with E-state index in [1.54, 1.807) is 0 Å². The molecule has 0 unspecified atom stereocenters. The van der Waals surface area contributed by atoms with E-state index in [-0.39, 0.29) is 13.2 Å². The van der Waals surface area contributed by atoms with Crippen LogP contribution >= 0.6 is 0 Å². The Balaban J connectivity index is 2.98. The van der Waals surface area contributed by atoms with E-state index >= 15 is 0 Å². The molecular weight excluding hydrogens is 438 g/mol. The molecule has 33 heavy (non-hydrogen) atoms. The second-order valence-corrected chi connectivity index (χ2v) is 7.93. The van der Waals surface area contributed by atoms with Gasteiger partial charge in [-0.2, -0.15) is 0 Å². The molecule has 1 aliphatic rings. The molecule has 0 aromatic carbocycles. The molecule has 1 aliphatic heterocycles. The minimum absolute atomic E-state index is 0.281. The van der Waals surface area contributed by atoms with Gasteiger partial charge < -0.3 is 28.4 Å². The van der Waals surface area contributed by atoms with Crippen molar-refractivity contribution in [3.05, 3.63) is 0 Å². The Morgan fingerprint density at radius 1 is 0.788 bits per heavy atom. The molecule has 0 N–H and O–H groups in total. The Kier molecular flexibility index (Phi) is 12.6. The smallest absolute Gasteiger partial charge is 0.303 e. The van der Waals surface area contributed by atoms with E-state index in [0.29, 0.717) is 6.42 Å². The summed E-state index contributed by atoms with van der Waals surface area (Å²) < 4.78 is 34.6. The van der Waals surface area contributed by atoms with Crippen molar-refractivity contribution in [3.63, 3.8) is 0 Å². The number of carbonyl (C=O) groups excluding carboxylic acids is 4. The number of unbranched alkanes of at least 4 members (excludes halogenated alkanes) is 3. The van der Waals surface area contributed by atoms with E-state index in [1.165, 1.54) is 27.7 Å². The van der Waals surface area contributed by atoms with Crippen molar-refractivity contribution in [1.82, 2.24) is 0 Å². The van der Waals surface area contributed by atoms with E-state index in [2.05, 4.69) is 6.72 Å². The third-order valence-electron chi connectivity index (χ3n) is 4.66. The van der Waals surface area contributed by atoms with Gasteiger partial charge in [-0.25, -0.2) is 4.58 Å². The van der Waals surface area contributed by atoms with Crippen molar-refractivity contribution in [1.29, 1.82) is 0 Å². The van der Waals surface area contributed by atoms with E-state index in [1.807, 2.05) is 11.6 Å². The fourth-order valence-corrected chi connectivity index (χ4v) is 3.36. The monoisotopic (exact) mass is 474 g/mol. The fraction of sp³-hybridized carbons (Fsp3) is 0.773. The van der Waals surface area contributed by atoms with Crippen LogP contribution in [0.5, 0.6) is 0 Å². The molecule has 0 amide bonds. The summed E-state index contributed by atoms with van der Waals surface area (Å²) in [6.07, 6.45) is -2.13. The van der Waals surface area contributed by atoms with Gasteiger partial charge >= 0.3 is 23.9 Å². The molecule has 0 aliphatic carbocycles. The lowest BCUT2D eigenvalue weighted by Crippen LogP contribution is -2.63. The molecule has 0 aromatic rings. The van der Waals surface area contributed by atoms with Crippen LogP contribution in [0.15, 0.2) is 0 Å². The molecule has 0 aromatic heterocycles. The summed E-state index contributed by atoms with van der Waals surface area (Å²) in [6.45, 7) is 9.44. The van der Waals surface area contributed by atoms with Gasteiger partial charge in [0.05, 0.1) is 0 Å². The first-order valence-corrected chi connectivity index (χ1v) is 10.9. The number of esters is 4. The topological polar surface area (TPSA) is 127 Å². The van der Waals surface area contributed by atoms with E-state index in [0.717, 1.165) is 25.8 Å². The lowest BCUT2D eigenvalue weighted by Gasteiger charge is -2.44. The van der Waals surface area contributed by atoms with Crippen LogP contribution in [0.4, 0.5) is 0 Å². The first kappa shape index (κ1) is 28.5. The average molecular weight is 475 g/mol. The summed E-state index contributed by atoms with van der Waals surface area (Å²) in [6, 6.07) is 0. The zero-order valence-electron chi connectivity index (χ0n) is 20.1. The van der Waals surface area contributed by atoms with Crippen LogP contribution in [0.25, 0.3) is 0 Å². The van der Waals surface area contributed by atoms with E-state index in [9.17, 15) is 19.2 Å². The highest BCUT2D eigenvalue weighted by Crippen LogP contribution is 2.30. The quantitative estimate of drug-likeness (QED) is 0.125. The zero-order valence-corrected chi connectivity index (χ0v) is 20.1. The highest BCUT2D eigenvalue weighted by molar-refractivity contribution is 5.68. The Morgan fingerprint density at radius 2 is 1.33 bits per heavy atom. The maximum atomic E-state index is 11.8. The van der Waals surface area contributed by atoms with Crippen molar-refractivity contribution < 1.29 is 52.2 Å². The van der Waals surface area contributed by atoms with Gasteiger partial charge in [0.25, 0.3) is 0 Å². The average Bonchev–Trinajstić information content (AvgIpc) is 2.68. The molecule has 0 radical (unpaired) electrons. The van der Waals surface area contributed by atoms with E-state index < -0.39 is 54.6 Å². The van der Waals surface area contributed by atoms with Gasteiger partial charge in [-0.1, -0.05) is 6.42 Å². The number of rotatable bonds is 13. The van der Waals surface area contributed by atoms with Gasteiger partial charge in [0.2, 0.25) is 0 Å². The van der Waals surface area contributed by atoms with Crippen LogP contribution < -0.4 is 0 Å². The second kappa shape index (κ2) is 14.6. The molecule has 0 saturated carbocycles. The SMILES string of the molecule is C=[N+](C)CCCCCCO[C@H]1O[C@H](COC(C)=O)[C@@H](OC(C)=O)[C@H](OC(C)=O)[C@@H]1OC(C)=O. The summed E-state index contributed by atoms with van der Waals surface area (Å²) in [7, 11) is 1.91. The van der Waals surface area contributed by atoms with Crippen molar-refractivity contribution in [2.24, 2.45) is 0 Å². The largest absolute Gasteiger partial charge is 0.463 e. The van der Waals surface area contributed by atoms with Gasteiger partial charge in [-0.3, -0.25) is 19.2 Å². The highest BCUT2D eigenvalue weighted by Gasteiger charge is 2.52. The summed E-state index contributed by atoms with van der Waals surface area (Å²) in [5, 5.41) is 0. The molecule has 1 heterocycles. The third kappa shape index (κ3) is 11.2. The van der Waals surface area contributed by atoms with Crippen molar-refractivity contribution in [2.45, 2.75) is 84.1 Å². The molecule has 11 nitrogen and oxygen atoms in total. The standard InChI is InChI=1S/C22H36NO10/c1-14(24)29-13-18-19(30-15(2)25)20(31-16(3)26)21(32-17(4)27)22(33-18)28-12-10-8-7-9-11-23(5)6/h18-22H,5,7-13H2,1-4,6H3/q+1/t18-,19-,20+,21+,22+/m1/s1. The molecule has 188 valence electrons. The lowest BCUT2D eigenvalue weighted by atomic mass is 9.98. The predicted molar refractivity (Wildman–Crippen MR) is 115 cm³/mol. The second-order valence-electron chi connectivity index (χ2n) is 7.93. The number of nitrogens with zero attached hydrogens (tertiary/aromatic N) is 1. The Bertz CT molecular complexity index is 695. The molecule has 5 atom stereocenters. The van der Waals surface area contributed by atoms with Gasteiger partial charge in [-0.05, 0) is 12.8 Å². The van der Waals surface area contributed by atoms with Crippen molar-refractivity contribution >= 4 is 30.6 Å². The predicted octanol–water partition coefficient (Wildman–Crippen LogP) is 0.989. The number of carbonyl (C=O) groups is 4. The Labute approximate surface area is 194 Å². The van der Waals surface area contributed by atoms with Crippen molar-refractivity contribution in [2.75, 3.05) is 26.8 Å². The van der Waals surface area contributed by atoms with Crippen LogP contribution in [-0.2, 0) is 47.6 Å². The van der Waals surface area contributed by atoms with Gasteiger partial charge in [0.15, 0.2) is 24.6 Å². The summed E-state index contributed by atoms with van der Waals surface area (Å²) >= 11 is 0. The maximum Gasteiger partial charge on any atom is 0.303 e. The minimum Gasteiger partial charge on any atom is -0.463 e. The Morgan fingerprint density at radius 3 is 1.88 bits per heavy atom. The van der Waals surface area contributed by atoms with Crippen molar-refractivity contribution in [3.8, 4) is 0 Å². The Hall–Kier alpha value is -2.53. The van der Waals surface area contributed by atoms with Gasteiger partial charge in [-0.15, -0.1) is 0 Å². The van der Waals surface area contributed by atoms with E-state index in [4.69, 9.17) is 28.4 Å². The highest BCUT2D eigenvalue weighted by atomic mass is 16.7. The first-order valence-electron chi connectivity index (χ1n) is 10.9. The number of hydrogen-bond acceptors (Lipinski definition) is 10. The number of ether oxygens (including phenoxy) is 6. The van der Waals surface area contributed by atoms with Crippen LogP contribution in [0.1, 0.15) is 53.4 Å². The maximum absolute atomic E-state index is 11.8. The van der Waals surface area contributed by atoms with Gasteiger partial charge in [0.1, 0.15) is 33.0 Å². The minimum atomic E-state index is -1.22. The molecule has 0 bridgehead atoms. The zero-order chi connectivity index (χ0) is 25.0. The third-order valence-corrected chi connectivity index (χ3v) is 4.66. The summed E-state index contributed by atoms with van der Waals surface area (Å²) in [4.78, 5) is 46.6. The molecule has 1 rings (SSSR count). The summed E-state index contributed by atoms with van der Waals surface area (Å²) in [5.41, 5.74) is 0. The van der Waals surface area contributed by atoms with Gasteiger partial charge in [0, 0.05) is 40.7 Å². The normalized spacial score (nSPS) is 24.5. The summed E-state index contributed by atoms with van der Waals surface area (Å²) in [5.74, 6) is -2.60. The molecule has 11 heteroatoms. The fourth-order valence-electron chi connectivity index (χ4n) is 3.36. The van der Waals surface area contributed by atoms with Crippen LogP contribution in [0.2, 0.25) is 0 Å². The molecule has 1 fully saturated rings. The first-order chi connectivity index (χ1) is 15.5.